The molecule has 2 rings (SSSR count). The largest absolute Gasteiger partial charge is 0.450 e. The van der Waals surface area contributed by atoms with E-state index in [1.165, 1.54) is 0 Å². The van der Waals surface area contributed by atoms with Crippen molar-refractivity contribution in [2.75, 3.05) is 25.0 Å². The van der Waals surface area contributed by atoms with Crippen LogP contribution in [0, 0.1) is 0 Å². The minimum absolute atomic E-state index is 0.0562. The van der Waals surface area contributed by atoms with Crippen molar-refractivity contribution >= 4 is 17.8 Å². The summed E-state index contributed by atoms with van der Waals surface area (Å²) < 4.78 is 4.87. The van der Waals surface area contributed by atoms with Crippen LogP contribution in [0.2, 0.25) is 0 Å². The van der Waals surface area contributed by atoms with Crippen molar-refractivity contribution in [3.05, 3.63) is 30.3 Å². The number of alkyl carbamates (subject to hydrolysis) is 1. The lowest BCUT2D eigenvalue weighted by Gasteiger charge is -2.32. The fourth-order valence-electron chi connectivity index (χ4n) is 2.34. The molecule has 3 amide bonds. The number of nitrogens with one attached hydrogen (secondary N) is 2. The van der Waals surface area contributed by atoms with Gasteiger partial charge in [-0.1, -0.05) is 18.2 Å². The number of amides is 3. The maximum absolute atomic E-state index is 12.2. The summed E-state index contributed by atoms with van der Waals surface area (Å²) in [5.41, 5.74) is 0.767. The van der Waals surface area contributed by atoms with Gasteiger partial charge in [-0.2, -0.15) is 0 Å². The van der Waals surface area contributed by atoms with Crippen LogP contribution in [0.5, 0.6) is 0 Å². The molecule has 1 heterocycles. The number of urea groups is 1. The minimum Gasteiger partial charge on any atom is -0.450 e. The molecular formula is C15H21N3O3. The zero-order valence-corrected chi connectivity index (χ0v) is 12.2. The molecule has 6 nitrogen and oxygen atoms in total. The lowest BCUT2D eigenvalue weighted by molar-refractivity contribution is 0.137. The van der Waals surface area contributed by atoms with E-state index in [9.17, 15) is 9.59 Å². The van der Waals surface area contributed by atoms with E-state index < -0.39 is 6.09 Å². The Hall–Kier alpha value is -2.24. The molecule has 0 radical (unpaired) electrons. The van der Waals surface area contributed by atoms with Crippen LogP contribution >= 0.6 is 0 Å². The molecule has 1 aliphatic rings. The summed E-state index contributed by atoms with van der Waals surface area (Å²) in [5, 5.41) is 5.64. The summed E-state index contributed by atoms with van der Waals surface area (Å²) in [7, 11) is 0. The second kappa shape index (κ2) is 7.52. The van der Waals surface area contributed by atoms with Crippen molar-refractivity contribution in [2.24, 2.45) is 0 Å². The van der Waals surface area contributed by atoms with E-state index in [-0.39, 0.29) is 12.1 Å². The van der Waals surface area contributed by atoms with Gasteiger partial charge in [-0.3, -0.25) is 0 Å². The van der Waals surface area contributed by atoms with Gasteiger partial charge in [-0.25, -0.2) is 9.59 Å². The quantitative estimate of drug-likeness (QED) is 0.898. The number of carbonyl (C=O) groups is 2. The molecule has 0 aromatic heterocycles. The Balaban J connectivity index is 1.85. The number of piperidine rings is 1. The second-order valence-corrected chi connectivity index (χ2v) is 4.95. The molecule has 114 valence electrons. The van der Waals surface area contributed by atoms with Crippen LogP contribution in [0.1, 0.15) is 19.8 Å². The van der Waals surface area contributed by atoms with Crippen LogP contribution in [0.25, 0.3) is 0 Å². The first-order chi connectivity index (χ1) is 10.2. The van der Waals surface area contributed by atoms with Gasteiger partial charge in [0.15, 0.2) is 0 Å². The van der Waals surface area contributed by atoms with E-state index in [4.69, 9.17) is 4.74 Å². The van der Waals surface area contributed by atoms with Crippen molar-refractivity contribution in [2.45, 2.75) is 25.8 Å². The van der Waals surface area contributed by atoms with Crippen LogP contribution in [-0.4, -0.2) is 42.8 Å². The Morgan fingerprint density at radius 3 is 2.81 bits per heavy atom. The number of para-hydroxylation sites is 1. The molecule has 1 atom stereocenters. The third kappa shape index (κ3) is 4.66. The highest BCUT2D eigenvalue weighted by molar-refractivity contribution is 5.89. The van der Waals surface area contributed by atoms with E-state index in [0.29, 0.717) is 19.7 Å². The summed E-state index contributed by atoms with van der Waals surface area (Å²) >= 11 is 0. The first-order valence-electron chi connectivity index (χ1n) is 7.23. The van der Waals surface area contributed by atoms with Gasteiger partial charge in [0, 0.05) is 24.8 Å². The van der Waals surface area contributed by atoms with E-state index >= 15 is 0 Å². The monoisotopic (exact) mass is 291 g/mol. The Morgan fingerprint density at radius 2 is 2.10 bits per heavy atom. The average molecular weight is 291 g/mol. The molecule has 6 heteroatoms. The Bertz CT molecular complexity index is 478. The van der Waals surface area contributed by atoms with Gasteiger partial charge in [-0.15, -0.1) is 0 Å². The Morgan fingerprint density at radius 1 is 1.33 bits per heavy atom. The molecule has 1 unspecified atom stereocenters. The van der Waals surface area contributed by atoms with Gasteiger partial charge in [0.1, 0.15) is 0 Å². The Labute approximate surface area is 124 Å². The molecule has 21 heavy (non-hydrogen) atoms. The SMILES string of the molecule is CCOC(=O)NC1CCCN(C(=O)Nc2ccccc2)C1. The molecule has 1 aromatic rings. The third-order valence-electron chi connectivity index (χ3n) is 3.33. The van der Waals surface area contributed by atoms with Crippen molar-refractivity contribution in [1.29, 1.82) is 0 Å². The number of likely N-dealkylation sites (tertiary alicyclic amines) is 1. The number of carbonyl (C=O) groups excluding carboxylic acids is 2. The van der Waals surface area contributed by atoms with Crippen molar-refractivity contribution in [3.8, 4) is 0 Å². The van der Waals surface area contributed by atoms with Gasteiger partial charge in [0.05, 0.1) is 6.61 Å². The summed E-state index contributed by atoms with van der Waals surface area (Å²) in [5.74, 6) is 0. The van der Waals surface area contributed by atoms with Gasteiger partial charge in [0.25, 0.3) is 0 Å². The highest BCUT2D eigenvalue weighted by Crippen LogP contribution is 2.13. The van der Waals surface area contributed by atoms with Crippen LogP contribution in [0.15, 0.2) is 30.3 Å². The summed E-state index contributed by atoms with van der Waals surface area (Å²) in [6.07, 6.45) is 1.29. The highest BCUT2D eigenvalue weighted by atomic mass is 16.5. The van der Waals surface area contributed by atoms with E-state index in [2.05, 4.69) is 10.6 Å². The zero-order chi connectivity index (χ0) is 15.1. The predicted molar refractivity (Wildman–Crippen MR) is 80.2 cm³/mol. The maximum Gasteiger partial charge on any atom is 0.407 e. The first kappa shape index (κ1) is 15.2. The first-order valence-corrected chi connectivity index (χ1v) is 7.23. The number of nitrogens with zero attached hydrogens (tertiary/aromatic N) is 1. The molecular weight excluding hydrogens is 270 g/mol. The Kier molecular flexibility index (Phi) is 5.43. The average Bonchev–Trinajstić information content (AvgIpc) is 2.48. The van der Waals surface area contributed by atoms with E-state index in [1.807, 2.05) is 30.3 Å². The van der Waals surface area contributed by atoms with Crippen molar-refractivity contribution in [3.63, 3.8) is 0 Å². The number of rotatable bonds is 3. The standard InChI is InChI=1S/C15H21N3O3/c1-2-21-15(20)17-13-9-6-10-18(11-13)14(19)16-12-7-4-3-5-8-12/h3-5,7-8,13H,2,6,9-11H2,1H3,(H,16,19)(H,17,20). The molecule has 1 saturated heterocycles. The summed E-state index contributed by atoms with van der Waals surface area (Å²) in [6, 6.07) is 9.13. The van der Waals surface area contributed by atoms with Crippen LogP contribution in [0.3, 0.4) is 0 Å². The van der Waals surface area contributed by atoms with Gasteiger partial charge in [-0.05, 0) is 31.9 Å². The molecule has 0 spiro atoms. The molecule has 2 N–H and O–H groups in total. The number of hydrogen-bond acceptors (Lipinski definition) is 3. The topological polar surface area (TPSA) is 70.7 Å². The van der Waals surface area contributed by atoms with Gasteiger partial charge >= 0.3 is 12.1 Å². The van der Waals surface area contributed by atoms with Crippen LogP contribution in [0.4, 0.5) is 15.3 Å². The van der Waals surface area contributed by atoms with Crippen LogP contribution in [-0.2, 0) is 4.74 Å². The van der Waals surface area contributed by atoms with Crippen molar-refractivity contribution < 1.29 is 14.3 Å². The predicted octanol–water partition coefficient (Wildman–Crippen LogP) is 2.43. The number of hydrogen-bond donors (Lipinski definition) is 2. The van der Waals surface area contributed by atoms with Gasteiger partial charge < -0.3 is 20.3 Å². The normalized spacial score (nSPS) is 18.0. The molecule has 1 aliphatic heterocycles. The lowest BCUT2D eigenvalue weighted by atomic mass is 10.1. The highest BCUT2D eigenvalue weighted by Gasteiger charge is 2.25. The minimum atomic E-state index is -0.423. The molecule has 0 saturated carbocycles. The fraction of sp³-hybridized carbons (Fsp3) is 0.467. The van der Waals surface area contributed by atoms with E-state index in [1.54, 1.807) is 11.8 Å². The zero-order valence-electron chi connectivity index (χ0n) is 12.2. The van der Waals surface area contributed by atoms with Crippen molar-refractivity contribution in [1.82, 2.24) is 10.2 Å². The fourth-order valence-corrected chi connectivity index (χ4v) is 2.34. The second-order valence-electron chi connectivity index (χ2n) is 4.95. The lowest BCUT2D eigenvalue weighted by Crippen LogP contribution is -2.50. The van der Waals surface area contributed by atoms with E-state index in [0.717, 1.165) is 18.5 Å². The molecule has 0 bridgehead atoms. The summed E-state index contributed by atoms with van der Waals surface area (Å²) in [4.78, 5) is 25.3. The molecule has 1 aromatic carbocycles. The maximum atomic E-state index is 12.2. The smallest absolute Gasteiger partial charge is 0.407 e. The third-order valence-corrected chi connectivity index (χ3v) is 3.33. The molecule has 1 fully saturated rings. The van der Waals surface area contributed by atoms with Crippen LogP contribution < -0.4 is 10.6 Å². The number of benzene rings is 1. The number of anilines is 1. The summed E-state index contributed by atoms with van der Waals surface area (Å²) in [6.45, 7) is 3.30. The number of ether oxygens (including phenoxy) is 1. The van der Waals surface area contributed by atoms with Gasteiger partial charge in [0.2, 0.25) is 0 Å². The molecule has 0 aliphatic carbocycles.